The zero-order valence-electron chi connectivity index (χ0n) is 12.7. The van der Waals surface area contributed by atoms with Crippen LogP contribution in [-0.4, -0.2) is 61.1 Å². The number of piperazine rings is 1. The molecular formula is C16H23FN2O2. The van der Waals surface area contributed by atoms with E-state index in [2.05, 4.69) is 4.90 Å². The molecule has 1 amide bonds. The number of carbonyl (C=O) groups is 1. The van der Waals surface area contributed by atoms with Crippen molar-refractivity contribution in [3.63, 3.8) is 0 Å². The van der Waals surface area contributed by atoms with Gasteiger partial charge in [-0.2, -0.15) is 0 Å². The summed E-state index contributed by atoms with van der Waals surface area (Å²) in [6, 6.07) is 5.74. The van der Waals surface area contributed by atoms with Gasteiger partial charge in [-0.15, -0.1) is 0 Å². The van der Waals surface area contributed by atoms with Gasteiger partial charge in [0, 0.05) is 38.3 Å². The molecule has 0 aliphatic carbocycles. The van der Waals surface area contributed by atoms with E-state index in [-0.39, 0.29) is 17.8 Å². The highest BCUT2D eigenvalue weighted by Crippen LogP contribution is 2.10. The molecule has 0 bridgehead atoms. The van der Waals surface area contributed by atoms with Crippen LogP contribution >= 0.6 is 0 Å². The molecule has 1 aliphatic rings. The SMILES string of the molecule is CC(C)OCCN1CCN(C(=O)c2ccc(F)cc2)CC1. The molecule has 0 N–H and O–H groups in total. The number of benzene rings is 1. The summed E-state index contributed by atoms with van der Waals surface area (Å²) in [7, 11) is 0. The average Bonchev–Trinajstić information content (AvgIpc) is 2.48. The molecule has 5 heteroatoms. The maximum absolute atomic E-state index is 12.9. The van der Waals surface area contributed by atoms with Crippen molar-refractivity contribution in [2.45, 2.75) is 20.0 Å². The second kappa shape index (κ2) is 7.52. The van der Waals surface area contributed by atoms with Crippen molar-refractivity contribution in [3.8, 4) is 0 Å². The summed E-state index contributed by atoms with van der Waals surface area (Å²) >= 11 is 0. The Balaban J connectivity index is 1.78. The van der Waals surface area contributed by atoms with Gasteiger partial charge in [-0.3, -0.25) is 9.69 Å². The van der Waals surface area contributed by atoms with Gasteiger partial charge in [-0.25, -0.2) is 4.39 Å². The summed E-state index contributed by atoms with van der Waals surface area (Å²) in [5, 5.41) is 0. The van der Waals surface area contributed by atoms with Gasteiger partial charge in [-0.1, -0.05) is 0 Å². The van der Waals surface area contributed by atoms with E-state index in [9.17, 15) is 9.18 Å². The number of rotatable bonds is 5. The minimum atomic E-state index is -0.318. The molecule has 0 atom stereocenters. The molecule has 0 radical (unpaired) electrons. The number of hydrogen-bond acceptors (Lipinski definition) is 3. The molecule has 1 aromatic carbocycles. The Morgan fingerprint density at radius 2 is 1.81 bits per heavy atom. The van der Waals surface area contributed by atoms with Crippen LogP contribution in [0.25, 0.3) is 0 Å². The molecule has 2 rings (SSSR count). The van der Waals surface area contributed by atoms with E-state index in [0.29, 0.717) is 18.7 Å². The second-order valence-electron chi connectivity index (χ2n) is 5.56. The summed E-state index contributed by atoms with van der Waals surface area (Å²) in [4.78, 5) is 16.4. The first-order valence-corrected chi connectivity index (χ1v) is 7.45. The van der Waals surface area contributed by atoms with Crippen molar-refractivity contribution in [2.24, 2.45) is 0 Å². The first-order chi connectivity index (χ1) is 10.1. The van der Waals surface area contributed by atoms with Gasteiger partial charge in [-0.05, 0) is 38.1 Å². The molecule has 21 heavy (non-hydrogen) atoms. The third-order valence-corrected chi connectivity index (χ3v) is 3.61. The van der Waals surface area contributed by atoms with Gasteiger partial charge >= 0.3 is 0 Å². The Hall–Kier alpha value is -1.46. The third kappa shape index (κ3) is 4.79. The molecule has 0 saturated carbocycles. The van der Waals surface area contributed by atoms with Crippen LogP contribution in [0.1, 0.15) is 24.2 Å². The Bertz CT molecular complexity index is 454. The van der Waals surface area contributed by atoms with Crippen molar-refractivity contribution in [3.05, 3.63) is 35.6 Å². The number of nitrogens with zero attached hydrogens (tertiary/aromatic N) is 2. The lowest BCUT2D eigenvalue weighted by Crippen LogP contribution is -2.49. The standard InChI is InChI=1S/C16H23FN2O2/c1-13(2)21-12-11-18-7-9-19(10-8-18)16(20)14-3-5-15(17)6-4-14/h3-6,13H,7-12H2,1-2H3. The second-order valence-corrected chi connectivity index (χ2v) is 5.56. The smallest absolute Gasteiger partial charge is 0.253 e. The van der Waals surface area contributed by atoms with Crippen LogP contribution in [0.3, 0.4) is 0 Å². The third-order valence-electron chi connectivity index (χ3n) is 3.61. The molecule has 0 aromatic heterocycles. The van der Waals surface area contributed by atoms with Crippen molar-refractivity contribution >= 4 is 5.91 Å². The Morgan fingerprint density at radius 1 is 1.19 bits per heavy atom. The van der Waals surface area contributed by atoms with E-state index in [0.717, 1.165) is 26.2 Å². The Morgan fingerprint density at radius 3 is 2.38 bits per heavy atom. The summed E-state index contributed by atoms with van der Waals surface area (Å²) in [6.07, 6.45) is 0.256. The van der Waals surface area contributed by atoms with E-state index >= 15 is 0 Å². The quantitative estimate of drug-likeness (QED) is 0.833. The van der Waals surface area contributed by atoms with Crippen LogP contribution in [0.15, 0.2) is 24.3 Å². The minimum Gasteiger partial charge on any atom is -0.377 e. The van der Waals surface area contributed by atoms with E-state index in [4.69, 9.17) is 4.74 Å². The summed E-state index contributed by atoms with van der Waals surface area (Å²) in [6.45, 7) is 8.80. The summed E-state index contributed by atoms with van der Waals surface area (Å²) in [5.74, 6) is -0.338. The fraction of sp³-hybridized carbons (Fsp3) is 0.562. The highest BCUT2D eigenvalue weighted by molar-refractivity contribution is 5.94. The lowest BCUT2D eigenvalue weighted by Gasteiger charge is -2.34. The fourth-order valence-corrected chi connectivity index (χ4v) is 2.37. The van der Waals surface area contributed by atoms with Crippen molar-refractivity contribution in [1.29, 1.82) is 0 Å². The van der Waals surface area contributed by atoms with Gasteiger partial charge in [0.25, 0.3) is 5.91 Å². The molecule has 0 spiro atoms. The number of amides is 1. The van der Waals surface area contributed by atoms with Crippen LogP contribution in [0.2, 0.25) is 0 Å². The highest BCUT2D eigenvalue weighted by Gasteiger charge is 2.21. The predicted octanol–water partition coefficient (Wildman–Crippen LogP) is 2.01. The van der Waals surface area contributed by atoms with Crippen molar-refractivity contribution in [2.75, 3.05) is 39.3 Å². The molecule has 116 valence electrons. The van der Waals surface area contributed by atoms with Crippen molar-refractivity contribution < 1.29 is 13.9 Å². The molecule has 1 heterocycles. The summed E-state index contributed by atoms with van der Waals surface area (Å²) in [5.41, 5.74) is 0.549. The first-order valence-electron chi connectivity index (χ1n) is 7.45. The highest BCUT2D eigenvalue weighted by atomic mass is 19.1. The monoisotopic (exact) mass is 294 g/mol. The maximum atomic E-state index is 12.9. The number of carbonyl (C=O) groups excluding carboxylic acids is 1. The molecule has 1 fully saturated rings. The van der Waals surface area contributed by atoms with Gasteiger partial charge < -0.3 is 9.64 Å². The number of hydrogen-bond donors (Lipinski definition) is 0. The maximum Gasteiger partial charge on any atom is 0.253 e. The largest absolute Gasteiger partial charge is 0.377 e. The van der Waals surface area contributed by atoms with Crippen LogP contribution in [0.5, 0.6) is 0 Å². The van der Waals surface area contributed by atoms with Crippen LogP contribution in [0.4, 0.5) is 4.39 Å². The zero-order valence-corrected chi connectivity index (χ0v) is 12.7. The normalized spacial score (nSPS) is 16.5. The predicted molar refractivity (Wildman–Crippen MR) is 79.8 cm³/mol. The molecule has 1 aromatic rings. The molecule has 1 saturated heterocycles. The zero-order chi connectivity index (χ0) is 15.2. The molecular weight excluding hydrogens is 271 g/mol. The molecule has 4 nitrogen and oxygen atoms in total. The van der Waals surface area contributed by atoms with E-state index < -0.39 is 0 Å². The first kappa shape index (κ1) is 15.9. The van der Waals surface area contributed by atoms with E-state index in [1.165, 1.54) is 12.1 Å². The minimum absolute atomic E-state index is 0.0203. The van der Waals surface area contributed by atoms with Crippen LogP contribution in [0, 0.1) is 5.82 Å². The van der Waals surface area contributed by atoms with E-state index in [1.54, 1.807) is 12.1 Å². The van der Waals surface area contributed by atoms with E-state index in [1.807, 2.05) is 18.7 Å². The van der Waals surface area contributed by atoms with Crippen molar-refractivity contribution in [1.82, 2.24) is 9.80 Å². The van der Waals surface area contributed by atoms with Crippen LogP contribution < -0.4 is 0 Å². The number of ether oxygens (including phenoxy) is 1. The topological polar surface area (TPSA) is 32.8 Å². The van der Waals surface area contributed by atoms with Gasteiger partial charge in [0.2, 0.25) is 0 Å². The number of halogens is 1. The van der Waals surface area contributed by atoms with Crippen LogP contribution in [-0.2, 0) is 4.74 Å². The molecule has 1 aliphatic heterocycles. The average molecular weight is 294 g/mol. The van der Waals surface area contributed by atoms with Gasteiger partial charge in [0.05, 0.1) is 12.7 Å². The fourth-order valence-electron chi connectivity index (χ4n) is 2.37. The lowest BCUT2D eigenvalue weighted by atomic mass is 10.2. The van der Waals surface area contributed by atoms with Gasteiger partial charge in [0.15, 0.2) is 0 Å². The Labute approximate surface area is 125 Å². The molecule has 0 unspecified atom stereocenters. The Kier molecular flexibility index (Phi) is 5.70. The summed E-state index contributed by atoms with van der Waals surface area (Å²) < 4.78 is 18.4. The van der Waals surface area contributed by atoms with Gasteiger partial charge in [0.1, 0.15) is 5.82 Å². The lowest BCUT2D eigenvalue weighted by molar-refractivity contribution is 0.0407.